The van der Waals surface area contributed by atoms with Crippen LogP contribution in [0.5, 0.6) is 0 Å². The van der Waals surface area contributed by atoms with E-state index in [0.717, 1.165) is 23.7 Å². The van der Waals surface area contributed by atoms with Gasteiger partial charge in [0, 0.05) is 12.6 Å². The van der Waals surface area contributed by atoms with E-state index in [1.807, 2.05) is 43.3 Å². The highest BCUT2D eigenvalue weighted by atomic mass is 35.5. The summed E-state index contributed by atoms with van der Waals surface area (Å²) >= 11 is 0. The first kappa shape index (κ1) is 18.8. The monoisotopic (exact) mass is 319 g/mol. The molecule has 0 saturated heterocycles. The Labute approximate surface area is 130 Å². The van der Waals surface area contributed by atoms with Crippen molar-refractivity contribution in [2.45, 2.75) is 6.54 Å². The number of benzene rings is 2. The predicted octanol–water partition coefficient (Wildman–Crippen LogP) is 4.54. The van der Waals surface area contributed by atoms with Crippen molar-refractivity contribution in [3.8, 4) is 11.1 Å². The largest absolute Gasteiger partial charge is 0.305 e. The van der Waals surface area contributed by atoms with Gasteiger partial charge in [0.25, 0.3) is 0 Å². The van der Waals surface area contributed by atoms with Gasteiger partial charge in [-0.25, -0.2) is 8.78 Å². The lowest BCUT2D eigenvalue weighted by Gasteiger charge is -2.14. The fourth-order valence-corrected chi connectivity index (χ4v) is 1.99. The van der Waals surface area contributed by atoms with Gasteiger partial charge < -0.3 is 4.90 Å². The molecular weight excluding hydrogens is 303 g/mol. The smallest absolute Gasteiger partial charge is 0.126 e. The summed E-state index contributed by atoms with van der Waals surface area (Å²) in [5, 5.41) is 0. The van der Waals surface area contributed by atoms with Crippen molar-refractivity contribution >= 4 is 24.8 Å². The van der Waals surface area contributed by atoms with Crippen LogP contribution in [0.1, 0.15) is 5.56 Å². The molecule has 0 radical (unpaired) electrons. The van der Waals surface area contributed by atoms with Crippen LogP contribution in [0, 0.1) is 11.6 Å². The molecule has 2 aromatic rings. The van der Waals surface area contributed by atoms with Gasteiger partial charge in [0.1, 0.15) is 11.6 Å². The van der Waals surface area contributed by atoms with Gasteiger partial charge in [0.05, 0.1) is 0 Å². The van der Waals surface area contributed by atoms with Crippen molar-refractivity contribution in [1.29, 1.82) is 0 Å². The normalized spacial score (nSPS) is 9.85. The molecule has 2 aromatic carbocycles. The lowest BCUT2D eigenvalue weighted by molar-refractivity contribution is 0.403. The van der Waals surface area contributed by atoms with Gasteiger partial charge in [0.15, 0.2) is 0 Å². The van der Waals surface area contributed by atoms with Gasteiger partial charge in [-0.2, -0.15) is 0 Å². The fraction of sp³-hybridized carbons (Fsp3) is 0.200. The Morgan fingerprint density at radius 2 is 1.45 bits per heavy atom. The average molecular weight is 320 g/mol. The first-order chi connectivity index (χ1) is 8.56. The molecule has 110 valence electrons. The van der Waals surface area contributed by atoms with E-state index in [-0.39, 0.29) is 24.8 Å². The summed E-state index contributed by atoms with van der Waals surface area (Å²) in [4.78, 5) is 2.02. The van der Waals surface area contributed by atoms with Crippen molar-refractivity contribution in [3.63, 3.8) is 0 Å². The summed E-state index contributed by atoms with van der Waals surface area (Å²) in [5.74, 6) is -1.10. The molecular formula is C15H17Cl2F2N. The van der Waals surface area contributed by atoms with Crippen molar-refractivity contribution in [2.24, 2.45) is 0 Å². The van der Waals surface area contributed by atoms with Crippen LogP contribution in [0.4, 0.5) is 8.78 Å². The highest BCUT2D eigenvalue weighted by Gasteiger charge is 2.08. The van der Waals surface area contributed by atoms with Gasteiger partial charge in [-0.15, -0.1) is 24.8 Å². The van der Waals surface area contributed by atoms with Crippen LogP contribution >= 0.6 is 24.8 Å². The van der Waals surface area contributed by atoms with E-state index in [0.29, 0.717) is 5.56 Å². The van der Waals surface area contributed by atoms with E-state index in [9.17, 15) is 8.78 Å². The van der Waals surface area contributed by atoms with Crippen molar-refractivity contribution < 1.29 is 8.78 Å². The van der Waals surface area contributed by atoms with E-state index >= 15 is 0 Å². The molecule has 20 heavy (non-hydrogen) atoms. The van der Waals surface area contributed by atoms with Gasteiger partial charge in [0.2, 0.25) is 0 Å². The lowest BCUT2D eigenvalue weighted by Crippen LogP contribution is -2.11. The summed E-state index contributed by atoms with van der Waals surface area (Å²) in [6.45, 7) is 0.730. The van der Waals surface area contributed by atoms with Crippen molar-refractivity contribution in [3.05, 3.63) is 59.7 Å². The molecule has 0 fully saturated rings. The van der Waals surface area contributed by atoms with Crippen LogP contribution < -0.4 is 0 Å². The Morgan fingerprint density at radius 1 is 0.900 bits per heavy atom. The Hall–Kier alpha value is -1.16. The summed E-state index contributed by atoms with van der Waals surface area (Å²) in [7, 11) is 3.92. The number of hydrogen-bond donors (Lipinski definition) is 0. The zero-order chi connectivity index (χ0) is 13.1. The van der Waals surface area contributed by atoms with E-state index in [1.54, 1.807) is 0 Å². The second-order valence-corrected chi connectivity index (χ2v) is 4.55. The Morgan fingerprint density at radius 3 is 2.00 bits per heavy atom. The van der Waals surface area contributed by atoms with Crippen LogP contribution in [0.15, 0.2) is 42.5 Å². The van der Waals surface area contributed by atoms with E-state index < -0.39 is 11.6 Å². The maximum absolute atomic E-state index is 13.3. The minimum Gasteiger partial charge on any atom is -0.305 e. The molecule has 0 unspecified atom stereocenters. The molecule has 0 atom stereocenters. The number of halogens is 4. The molecule has 0 bridgehead atoms. The molecule has 0 N–H and O–H groups in total. The van der Waals surface area contributed by atoms with Crippen LogP contribution in [0.25, 0.3) is 11.1 Å². The van der Waals surface area contributed by atoms with Crippen molar-refractivity contribution in [1.82, 2.24) is 4.90 Å². The topological polar surface area (TPSA) is 3.24 Å². The number of hydrogen-bond acceptors (Lipinski definition) is 1. The second-order valence-electron chi connectivity index (χ2n) is 4.55. The molecule has 0 spiro atoms. The average Bonchev–Trinajstić information content (AvgIpc) is 2.27. The van der Waals surface area contributed by atoms with E-state index in [4.69, 9.17) is 0 Å². The second kappa shape index (κ2) is 8.20. The lowest BCUT2D eigenvalue weighted by atomic mass is 9.99. The van der Waals surface area contributed by atoms with Crippen LogP contribution in [-0.4, -0.2) is 19.0 Å². The predicted molar refractivity (Wildman–Crippen MR) is 83.7 cm³/mol. The zero-order valence-electron chi connectivity index (χ0n) is 11.3. The van der Waals surface area contributed by atoms with Gasteiger partial charge in [-0.1, -0.05) is 24.3 Å². The summed E-state index contributed by atoms with van der Waals surface area (Å²) in [6.07, 6.45) is 0. The Kier molecular flexibility index (Phi) is 7.72. The first-order valence-electron chi connectivity index (χ1n) is 5.75. The van der Waals surface area contributed by atoms with Crippen LogP contribution in [0.3, 0.4) is 0 Å². The number of nitrogens with zero attached hydrogens (tertiary/aromatic N) is 1. The number of rotatable bonds is 3. The first-order valence-corrected chi connectivity index (χ1v) is 5.75. The maximum atomic E-state index is 13.3. The van der Waals surface area contributed by atoms with E-state index in [1.165, 1.54) is 12.1 Å². The standard InChI is InChI=1S/C15H15F2N.2ClH/c1-18(2)10-11-5-3-4-6-15(11)12-7-13(16)9-14(17)8-12;;/h3-9H,10H2,1-2H3;2*1H. The molecule has 5 heteroatoms. The third-order valence-corrected chi connectivity index (χ3v) is 2.68. The van der Waals surface area contributed by atoms with Gasteiger partial charge in [-0.3, -0.25) is 0 Å². The SMILES string of the molecule is CN(C)Cc1ccccc1-c1cc(F)cc(F)c1.Cl.Cl. The highest BCUT2D eigenvalue weighted by molar-refractivity contribution is 5.85. The summed E-state index contributed by atoms with van der Waals surface area (Å²) < 4.78 is 26.5. The van der Waals surface area contributed by atoms with Gasteiger partial charge >= 0.3 is 0 Å². The minimum absolute atomic E-state index is 0. The fourth-order valence-electron chi connectivity index (χ4n) is 1.99. The molecule has 0 amide bonds. The summed E-state index contributed by atoms with van der Waals surface area (Å²) in [6, 6.07) is 11.3. The third kappa shape index (κ3) is 4.75. The quantitative estimate of drug-likeness (QED) is 0.803. The molecule has 0 aliphatic heterocycles. The van der Waals surface area contributed by atoms with Crippen molar-refractivity contribution in [2.75, 3.05) is 14.1 Å². The molecule has 0 aliphatic rings. The van der Waals surface area contributed by atoms with E-state index in [2.05, 4.69) is 0 Å². The Balaban J connectivity index is 0.00000180. The molecule has 0 heterocycles. The highest BCUT2D eigenvalue weighted by Crippen LogP contribution is 2.26. The molecule has 0 aliphatic carbocycles. The molecule has 0 aromatic heterocycles. The molecule has 2 rings (SSSR count). The van der Waals surface area contributed by atoms with Crippen LogP contribution in [-0.2, 0) is 6.54 Å². The molecule has 1 nitrogen and oxygen atoms in total. The Bertz CT molecular complexity index is 539. The third-order valence-electron chi connectivity index (χ3n) is 2.68. The molecule has 0 saturated carbocycles. The maximum Gasteiger partial charge on any atom is 0.126 e. The van der Waals surface area contributed by atoms with Crippen LogP contribution in [0.2, 0.25) is 0 Å². The minimum atomic E-state index is -0.551. The van der Waals surface area contributed by atoms with Gasteiger partial charge in [-0.05, 0) is 42.9 Å². The summed E-state index contributed by atoms with van der Waals surface area (Å²) in [5.41, 5.74) is 2.49. The zero-order valence-corrected chi connectivity index (χ0v) is 12.9.